The van der Waals surface area contributed by atoms with Gasteiger partial charge in [-0.2, -0.15) is 9.40 Å². The molecule has 0 aliphatic carbocycles. The fourth-order valence-electron chi connectivity index (χ4n) is 2.34. The molecule has 1 amide bonds. The number of rotatable bonds is 4. The number of aromatic amines is 1. The molecule has 1 aliphatic rings. The van der Waals surface area contributed by atoms with Crippen molar-refractivity contribution in [3.63, 3.8) is 0 Å². The van der Waals surface area contributed by atoms with Gasteiger partial charge in [0, 0.05) is 24.8 Å². The fourth-order valence-corrected chi connectivity index (χ4v) is 3.79. The molecular formula is C15H16N4O5S. The molecule has 25 heavy (non-hydrogen) atoms. The van der Waals surface area contributed by atoms with E-state index in [1.54, 1.807) is 12.1 Å². The molecule has 0 atom stereocenters. The van der Waals surface area contributed by atoms with Crippen molar-refractivity contribution in [2.45, 2.75) is 4.90 Å². The Hall–Kier alpha value is -2.56. The van der Waals surface area contributed by atoms with Crippen LogP contribution >= 0.6 is 0 Å². The standard InChI is InChI=1S/C15H16N4O5S/c20-14-5-4-13(17-18-14)15(21)16-11-2-1-3-12(10-11)25(22,23)19-6-8-24-9-7-19/h1-5,10H,6-9H2,(H,16,21)(H,18,20). The molecule has 2 heterocycles. The number of hydrogen-bond acceptors (Lipinski definition) is 6. The first kappa shape index (κ1) is 17.3. The highest BCUT2D eigenvalue weighted by molar-refractivity contribution is 7.89. The van der Waals surface area contributed by atoms with Crippen molar-refractivity contribution in [1.82, 2.24) is 14.5 Å². The van der Waals surface area contributed by atoms with Crippen LogP contribution in [0.25, 0.3) is 0 Å². The number of H-pyrrole nitrogens is 1. The number of amides is 1. The lowest BCUT2D eigenvalue weighted by molar-refractivity contribution is 0.0730. The summed E-state index contributed by atoms with van der Waals surface area (Å²) in [6, 6.07) is 8.43. The maximum atomic E-state index is 12.6. The summed E-state index contributed by atoms with van der Waals surface area (Å²) in [5.41, 5.74) is -0.0940. The summed E-state index contributed by atoms with van der Waals surface area (Å²) in [6.45, 7) is 1.29. The van der Waals surface area contributed by atoms with Gasteiger partial charge < -0.3 is 10.1 Å². The molecule has 0 unspecified atom stereocenters. The average Bonchev–Trinajstić information content (AvgIpc) is 2.63. The molecule has 0 spiro atoms. The third-order valence-corrected chi connectivity index (χ3v) is 5.51. The van der Waals surface area contributed by atoms with E-state index >= 15 is 0 Å². The summed E-state index contributed by atoms with van der Waals surface area (Å²) in [7, 11) is -3.65. The quantitative estimate of drug-likeness (QED) is 0.790. The minimum Gasteiger partial charge on any atom is -0.379 e. The molecule has 9 nitrogen and oxygen atoms in total. The van der Waals surface area contributed by atoms with Crippen LogP contribution in [0.15, 0.2) is 46.1 Å². The first-order chi connectivity index (χ1) is 12.0. The van der Waals surface area contributed by atoms with Gasteiger partial charge in [0.15, 0.2) is 0 Å². The zero-order valence-corrected chi connectivity index (χ0v) is 14.0. The van der Waals surface area contributed by atoms with Gasteiger partial charge in [0.2, 0.25) is 10.0 Å². The Kier molecular flexibility index (Phi) is 4.93. The fraction of sp³-hybridized carbons (Fsp3) is 0.267. The Bertz CT molecular complexity index is 914. The Balaban J connectivity index is 1.80. The lowest BCUT2D eigenvalue weighted by atomic mass is 10.3. The molecule has 1 aromatic carbocycles. The van der Waals surface area contributed by atoms with Gasteiger partial charge in [0.25, 0.3) is 11.5 Å². The number of carbonyl (C=O) groups excluding carboxylic acids is 1. The highest BCUT2D eigenvalue weighted by Crippen LogP contribution is 2.20. The number of hydrogen-bond donors (Lipinski definition) is 2. The van der Waals surface area contributed by atoms with Gasteiger partial charge in [0.1, 0.15) is 5.69 Å². The van der Waals surface area contributed by atoms with Crippen molar-refractivity contribution in [3.05, 3.63) is 52.4 Å². The van der Waals surface area contributed by atoms with Crippen LogP contribution in [-0.2, 0) is 14.8 Å². The van der Waals surface area contributed by atoms with E-state index in [-0.39, 0.29) is 10.6 Å². The molecule has 1 saturated heterocycles. The van der Waals surface area contributed by atoms with Crippen LogP contribution in [0.5, 0.6) is 0 Å². The van der Waals surface area contributed by atoms with E-state index in [1.807, 2.05) is 0 Å². The largest absolute Gasteiger partial charge is 0.379 e. The van der Waals surface area contributed by atoms with Crippen molar-refractivity contribution in [3.8, 4) is 0 Å². The van der Waals surface area contributed by atoms with Crippen LogP contribution in [0.2, 0.25) is 0 Å². The van der Waals surface area contributed by atoms with Crippen molar-refractivity contribution in [2.24, 2.45) is 0 Å². The zero-order valence-electron chi connectivity index (χ0n) is 13.1. The summed E-state index contributed by atoms with van der Waals surface area (Å²) in [6.07, 6.45) is 0. The van der Waals surface area contributed by atoms with Gasteiger partial charge in [-0.1, -0.05) is 6.07 Å². The highest BCUT2D eigenvalue weighted by atomic mass is 32.2. The zero-order chi connectivity index (χ0) is 17.9. The second-order valence-electron chi connectivity index (χ2n) is 5.30. The number of benzene rings is 1. The topological polar surface area (TPSA) is 121 Å². The number of anilines is 1. The molecule has 0 radical (unpaired) electrons. The van der Waals surface area contributed by atoms with Crippen molar-refractivity contribution in [1.29, 1.82) is 0 Å². The summed E-state index contributed by atoms with van der Waals surface area (Å²) < 4.78 is 31.8. The summed E-state index contributed by atoms with van der Waals surface area (Å²) in [5, 5.41) is 8.36. The van der Waals surface area contributed by atoms with Crippen molar-refractivity contribution >= 4 is 21.6 Å². The Morgan fingerprint density at radius 1 is 1.20 bits per heavy atom. The second kappa shape index (κ2) is 7.13. The highest BCUT2D eigenvalue weighted by Gasteiger charge is 2.26. The Morgan fingerprint density at radius 3 is 2.64 bits per heavy atom. The molecule has 0 bridgehead atoms. The monoisotopic (exact) mass is 364 g/mol. The van der Waals surface area contributed by atoms with Gasteiger partial charge in [-0.15, -0.1) is 0 Å². The summed E-state index contributed by atoms with van der Waals surface area (Å²) in [5.74, 6) is -0.558. The molecule has 1 aliphatic heterocycles. The normalized spacial score (nSPS) is 15.7. The van der Waals surface area contributed by atoms with Crippen LogP contribution in [0.3, 0.4) is 0 Å². The van der Waals surface area contributed by atoms with Gasteiger partial charge in [0.05, 0.1) is 18.1 Å². The van der Waals surface area contributed by atoms with E-state index in [1.165, 1.54) is 28.6 Å². The molecule has 2 N–H and O–H groups in total. The third-order valence-electron chi connectivity index (χ3n) is 3.61. The number of carbonyl (C=O) groups is 1. The number of morpholine rings is 1. The lowest BCUT2D eigenvalue weighted by Crippen LogP contribution is -2.40. The van der Waals surface area contributed by atoms with Crippen LogP contribution in [0, 0.1) is 0 Å². The summed E-state index contributed by atoms with van der Waals surface area (Å²) in [4.78, 5) is 23.2. The molecule has 1 fully saturated rings. The number of nitrogens with zero attached hydrogens (tertiary/aromatic N) is 2. The minimum absolute atomic E-state index is 0.0149. The van der Waals surface area contributed by atoms with Gasteiger partial charge in [-0.25, -0.2) is 13.5 Å². The molecule has 1 aromatic heterocycles. The van der Waals surface area contributed by atoms with E-state index in [0.717, 1.165) is 0 Å². The molecule has 132 valence electrons. The third kappa shape index (κ3) is 3.92. The number of aromatic nitrogens is 2. The maximum Gasteiger partial charge on any atom is 0.276 e. The number of sulfonamides is 1. The predicted octanol–water partition coefficient (Wildman–Crippen LogP) is 0.0431. The SMILES string of the molecule is O=C(Nc1cccc(S(=O)(=O)N2CCOCC2)c1)c1ccc(=O)[nH]n1. The average molecular weight is 364 g/mol. The van der Waals surface area contributed by atoms with E-state index in [4.69, 9.17) is 4.74 Å². The van der Waals surface area contributed by atoms with E-state index in [2.05, 4.69) is 15.5 Å². The maximum absolute atomic E-state index is 12.6. The Labute approximate surface area is 143 Å². The number of ether oxygens (including phenoxy) is 1. The van der Waals surface area contributed by atoms with Crippen molar-refractivity contribution in [2.75, 3.05) is 31.6 Å². The van der Waals surface area contributed by atoms with Crippen LogP contribution < -0.4 is 10.9 Å². The molecule has 2 aromatic rings. The van der Waals surface area contributed by atoms with E-state index in [0.29, 0.717) is 32.0 Å². The predicted molar refractivity (Wildman–Crippen MR) is 88.8 cm³/mol. The molecule has 10 heteroatoms. The van der Waals surface area contributed by atoms with E-state index < -0.39 is 21.5 Å². The first-order valence-corrected chi connectivity index (χ1v) is 8.96. The van der Waals surface area contributed by atoms with Gasteiger partial charge in [-0.3, -0.25) is 9.59 Å². The number of nitrogens with one attached hydrogen (secondary N) is 2. The van der Waals surface area contributed by atoms with Crippen LogP contribution in [0.4, 0.5) is 5.69 Å². The van der Waals surface area contributed by atoms with Crippen molar-refractivity contribution < 1.29 is 17.9 Å². The minimum atomic E-state index is -3.65. The van der Waals surface area contributed by atoms with Gasteiger partial charge >= 0.3 is 0 Å². The Morgan fingerprint density at radius 2 is 1.96 bits per heavy atom. The second-order valence-corrected chi connectivity index (χ2v) is 7.24. The lowest BCUT2D eigenvalue weighted by Gasteiger charge is -2.26. The smallest absolute Gasteiger partial charge is 0.276 e. The molecular weight excluding hydrogens is 348 g/mol. The van der Waals surface area contributed by atoms with E-state index in [9.17, 15) is 18.0 Å². The molecule has 3 rings (SSSR count). The summed E-state index contributed by atoms with van der Waals surface area (Å²) >= 11 is 0. The van der Waals surface area contributed by atoms with Gasteiger partial charge in [-0.05, 0) is 24.3 Å². The van der Waals surface area contributed by atoms with Crippen LogP contribution in [-0.4, -0.2) is 55.1 Å². The van der Waals surface area contributed by atoms with Crippen LogP contribution in [0.1, 0.15) is 10.5 Å². The molecule has 0 saturated carbocycles. The first-order valence-electron chi connectivity index (χ1n) is 7.52.